The number of nitrogens with one attached hydrogen (secondary N) is 1. The smallest absolute Gasteiger partial charge is 0.335 e. The Balaban J connectivity index is 1.50. The van der Waals surface area contributed by atoms with E-state index >= 15 is 0 Å². The first-order chi connectivity index (χ1) is 15.0. The van der Waals surface area contributed by atoms with Gasteiger partial charge in [0.2, 0.25) is 5.62 Å². The van der Waals surface area contributed by atoms with Crippen LogP contribution in [0.15, 0.2) is 77.3 Å². The number of halogens is 1. The van der Waals surface area contributed by atoms with Gasteiger partial charge in [-0.05, 0) is 54.4 Å². The van der Waals surface area contributed by atoms with Crippen molar-refractivity contribution in [2.24, 2.45) is 0 Å². The number of hydrogen-bond acceptors (Lipinski definition) is 3. The topological polar surface area (TPSA) is 80.2 Å². The number of nitrogens with zero attached hydrogens (tertiary/aromatic N) is 2. The van der Waals surface area contributed by atoms with Crippen LogP contribution < -0.4 is 10.4 Å². The van der Waals surface area contributed by atoms with Gasteiger partial charge in [0.15, 0.2) is 0 Å². The van der Waals surface area contributed by atoms with Crippen LogP contribution in [0, 0.1) is 5.41 Å². The van der Waals surface area contributed by atoms with Crippen LogP contribution in [0.2, 0.25) is 0 Å². The van der Waals surface area contributed by atoms with Gasteiger partial charge in [-0.1, -0.05) is 46.3 Å². The molecule has 31 heavy (non-hydrogen) atoms. The lowest BCUT2D eigenvalue weighted by Gasteiger charge is -2.08. The molecule has 3 aromatic carbocycles. The summed E-state index contributed by atoms with van der Waals surface area (Å²) >= 11 is 3.51. The highest BCUT2D eigenvalue weighted by Crippen LogP contribution is 2.18. The molecular weight excluding hydrogens is 458 g/mol. The third-order valence-corrected chi connectivity index (χ3v) is 5.57. The van der Waals surface area contributed by atoms with Crippen molar-refractivity contribution in [1.29, 1.82) is 5.41 Å². The largest absolute Gasteiger partial charge is 0.494 e. The van der Waals surface area contributed by atoms with Crippen molar-refractivity contribution in [3.8, 4) is 5.75 Å². The average molecular weight is 480 g/mol. The monoisotopic (exact) mass is 479 g/mol. The number of aromatic nitrogens is 2. The van der Waals surface area contributed by atoms with Crippen molar-refractivity contribution in [2.45, 2.75) is 19.5 Å². The van der Waals surface area contributed by atoms with Gasteiger partial charge in [-0.2, -0.15) is 0 Å². The van der Waals surface area contributed by atoms with E-state index < -0.39 is 5.97 Å². The number of fused-ring (bicyclic) bond motifs is 1. The molecular formula is C24H22BrN3O3. The average Bonchev–Trinajstić information content (AvgIpc) is 3.03. The van der Waals surface area contributed by atoms with Crippen LogP contribution in [0.3, 0.4) is 0 Å². The molecule has 0 aliphatic heterocycles. The molecule has 4 rings (SSSR count). The molecule has 2 N–H and O–H groups in total. The van der Waals surface area contributed by atoms with Crippen molar-refractivity contribution in [2.75, 3.05) is 6.61 Å². The second-order valence-electron chi connectivity index (χ2n) is 7.22. The molecule has 7 heteroatoms. The number of aromatic carboxylic acids is 1. The predicted octanol–water partition coefficient (Wildman–Crippen LogP) is 4.90. The number of hydrogen-bond donors (Lipinski definition) is 2. The Morgan fingerprint density at radius 3 is 2.45 bits per heavy atom. The summed E-state index contributed by atoms with van der Waals surface area (Å²) in [6.45, 7) is 1.67. The van der Waals surface area contributed by atoms with E-state index in [-0.39, 0.29) is 5.56 Å². The summed E-state index contributed by atoms with van der Waals surface area (Å²) in [5.74, 6) is -0.439. The molecule has 6 nitrogen and oxygen atoms in total. The first-order valence-corrected chi connectivity index (χ1v) is 10.8. The maximum Gasteiger partial charge on any atom is 0.335 e. The molecule has 0 aliphatic carbocycles. The van der Waals surface area contributed by atoms with E-state index in [1.54, 1.807) is 12.1 Å². The Hall–Kier alpha value is -3.32. The van der Waals surface area contributed by atoms with Crippen molar-refractivity contribution < 1.29 is 14.6 Å². The van der Waals surface area contributed by atoms with E-state index in [2.05, 4.69) is 28.1 Å². The van der Waals surface area contributed by atoms with E-state index in [1.165, 1.54) is 12.1 Å². The Labute approximate surface area is 188 Å². The Kier molecular flexibility index (Phi) is 6.23. The Morgan fingerprint density at radius 1 is 0.968 bits per heavy atom. The van der Waals surface area contributed by atoms with Crippen LogP contribution in [-0.2, 0) is 13.1 Å². The maximum atomic E-state index is 11.1. The molecule has 1 heterocycles. The summed E-state index contributed by atoms with van der Waals surface area (Å²) in [6, 6.07) is 22.6. The van der Waals surface area contributed by atoms with Crippen LogP contribution >= 0.6 is 15.9 Å². The molecule has 0 fully saturated rings. The fraction of sp³-hybridized carbons (Fsp3) is 0.167. The zero-order chi connectivity index (χ0) is 21.8. The van der Waals surface area contributed by atoms with Crippen molar-refractivity contribution >= 4 is 32.9 Å². The number of benzene rings is 3. The van der Waals surface area contributed by atoms with Crippen LogP contribution in [-0.4, -0.2) is 26.8 Å². The molecule has 4 aromatic rings. The summed E-state index contributed by atoms with van der Waals surface area (Å²) in [4.78, 5) is 11.1. The van der Waals surface area contributed by atoms with Gasteiger partial charge in [0.1, 0.15) is 5.75 Å². The van der Waals surface area contributed by atoms with Gasteiger partial charge < -0.3 is 19.0 Å². The molecule has 0 unspecified atom stereocenters. The summed E-state index contributed by atoms with van der Waals surface area (Å²) in [5, 5.41) is 17.9. The molecule has 0 aliphatic rings. The third kappa shape index (κ3) is 4.72. The normalized spacial score (nSPS) is 11.0. The van der Waals surface area contributed by atoms with E-state index in [4.69, 9.17) is 15.3 Å². The fourth-order valence-corrected chi connectivity index (χ4v) is 4.08. The van der Waals surface area contributed by atoms with E-state index in [0.29, 0.717) is 37.5 Å². The number of aryl methyl sites for hydroxylation is 1. The zero-order valence-corrected chi connectivity index (χ0v) is 18.4. The van der Waals surface area contributed by atoms with Gasteiger partial charge >= 0.3 is 5.97 Å². The van der Waals surface area contributed by atoms with Crippen LogP contribution in [0.1, 0.15) is 22.3 Å². The molecule has 0 atom stereocenters. The highest BCUT2D eigenvalue weighted by molar-refractivity contribution is 9.10. The summed E-state index contributed by atoms with van der Waals surface area (Å²) in [5.41, 5.74) is 3.79. The minimum absolute atomic E-state index is 0.205. The zero-order valence-electron chi connectivity index (χ0n) is 16.8. The first kappa shape index (κ1) is 20.9. The lowest BCUT2D eigenvalue weighted by molar-refractivity contribution is 0.0696. The fourth-order valence-electron chi connectivity index (χ4n) is 3.63. The molecule has 1 aromatic heterocycles. The predicted molar refractivity (Wildman–Crippen MR) is 123 cm³/mol. The maximum absolute atomic E-state index is 11.1. The van der Waals surface area contributed by atoms with Gasteiger partial charge in [-0.3, -0.25) is 5.41 Å². The third-order valence-electron chi connectivity index (χ3n) is 5.08. The number of imidazole rings is 1. The minimum Gasteiger partial charge on any atom is -0.494 e. The van der Waals surface area contributed by atoms with Crippen molar-refractivity contribution in [1.82, 2.24) is 9.13 Å². The van der Waals surface area contributed by atoms with E-state index in [9.17, 15) is 4.79 Å². The summed E-state index contributed by atoms with van der Waals surface area (Å²) in [6.07, 6.45) is 0.693. The van der Waals surface area contributed by atoms with Gasteiger partial charge in [-0.25, -0.2) is 4.79 Å². The van der Waals surface area contributed by atoms with Crippen LogP contribution in [0.4, 0.5) is 0 Å². The van der Waals surface area contributed by atoms with Gasteiger partial charge in [0.25, 0.3) is 0 Å². The highest BCUT2D eigenvalue weighted by Gasteiger charge is 2.11. The first-order valence-electron chi connectivity index (χ1n) is 9.96. The van der Waals surface area contributed by atoms with Crippen LogP contribution in [0.5, 0.6) is 5.75 Å². The molecule has 0 bridgehead atoms. The second kappa shape index (κ2) is 9.22. The lowest BCUT2D eigenvalue weighted by atomic mass is 10.2. The highest BCUT2D eigenvalue weighted by atomic mass is 79.9. The summed E-state index contributed by atoms with van der Waals surface area (Å²) in [7, 11) is 0. The van der Waals surface area contributed by atoms with E-state index in [1.807, 2.05) is 45.5 Å². The van der Waals surface area contributed by atoms with Crippen molar-refractivity contribution in [3.63, 3.8) is 0 Å². The molecule has 0 radical (unpaired) electrons. The number of rotatable bonds is 8. The Morgan fingerprint density at radius 2 is 1.71 bits per heavy atom. The number of carboxylic acids is 1. The number of carbonyl (C=O) groups is 1. The standard InChI is InChI=1S/C24H22BrN3O3/c25-19-8-3-6-17(14-19)16-28-22-11-2-1-10-21(22)27(24(28)26)12-5-13-31-20-9-4-7-18(15-20)23(29)30/h1-4,6-11,14-15,26H,5,12-13,16H2,(H,29,30). The molecule has 0 amide bonds. The lowest BCUT2D eigenvalue weighted by Crippen LogP contribution is -2.25. The minimum atomic E-state index is -0.974. The quantitative estimate of drug-likeness (QED) is 0.352. The second-order valence-corrected chi connectivity index (χ2v) is 8.13. The van der Waals surface area contributed by atoms with Crippen LogP contribution in [0.25, 0.3) is 11.0 Å². The Bertz CT molecular complexity index is 1290. The number of ether oxygens (including phenoxy) is 1. The van der Waals surface area contributed by atoms with Crippen molar-refractivity contribution in [3.05, 3.63) is 94.0 Å². The summed E-state index contributed by atoms with van der Waals surface area (Å²) < 4.78 is 10.8. The SMILES string of the molecule is N=c1n(CCCOc2cccc(C(=O)O)c2)c2ccccc2n1Cc1cccc(Br)c1. The number of carboxylic acid groups (broad SMARTS) is 1. The molecule has 0 saturated carbocycles. The number of para-hydroxylation sites is 2. The van der Waals surface area contributed by atoms with Gasteiger partial charge in [0.05, 0.1) is 29.7 Å². The molecule has 158 valence electrons. The molecule has 0 saturated heterocycles. The van der Waals surface area contributed by atoms with Gasteiger partial charge in [0, 0.05) is 11.0 Å². The van der Waals surface area contributed by atoms with E-state index in [0.717, 1.165) is 21.1 Å². The molecule has 0 spiro atoms. The van der Waals surface area contributed by atoms with Gasteiger partial charge in [-0.15, -0.1) is 0 Å².